The first-order valence-corrected chi connectivity index (χ1v) is 9.54. The van der Waals surface area contributed by atoms with Crippen molar-refractivity contribution >= 4 is 18.4 Å². The van der Waals surface area contributed by atoms with Gasteiger partial charge < -0.3 is 10.1 Å². The molecule has 0 aliphatic carbocycles. The number of rotatable bonds is 5. The Bertz CT molecular complexity index is 623. The molecule has 0 aromatic carbocycles. The minimum atomic E-state index is -0.220. The number of nitrogens with one attached hydrogen (secondary N) is 1. The second kappa shape index (κ2) is 8.72. The molecule has 2 fully saturated rings. The highest BCUT2D eigenvalue weighted by Gasteiger charge is 2.39. The molecule has 0 bridgehead atoms. The quantitative estimate of drug-likeness (QED) is 0.790. The van der Waals surface area contributed by atoms with E-state index in [1.54, 1.807) is 4.68 Å². The summed E-state index contributed by atoms with van der Waals surface area (Å²) in [5.74, 6) is -0.220. The van der Waals surface area contributed by atoms with Crippen molar-refractivity contribution in [3.63, 3.8) is 0 Å². The number of hydrogen-bond acceptors (Lipinski definition) is 5. The van der Waals surface area contributed by atoms with Crippen LogP contribution in [0.3, 0.4) is 0 Å². The monoisotopic (exact) mass is 384 g/mol. The molecule has 0 unspecified atom stereocenters. The SMILES string of the molecule is Cc1nn(CC(=O)OC(C)C)c(C)c1CN1CCC2(CCNCC2)C1.Cl. The minimum Gasteiger partial charge on any atom is -0.462 e. The molecule has 1 N–H and O–H groups in total. The summed E-state index contributed by atoms with van der Waals surface area (Å²) in [5, 5.41) is 8.06. The third-order valence-electron chi connectivity index (χ3n) is 5.74. The van der Waals surface area contributed by atoms with Crippen molar-refractivity contribution in [2.45, 2.75) is 66.2 Å². The average Bonchev–Trinajstić information content (AvgIpc) is 3.04. The van der Waals surface area contributed by atoms with Gasteiger partial charge in [-0.2, -0.15) is 5.10 Å². The number of esters is 1. The molecule has 0 saturated carbocycles. The van der Waals surface area contributed by atoms with Gasteiger partial charge in [-0.05, 0) is 72.0 Å². The van der Waals surface area contributed by atoms with Crippen LogP contribution in [0.2, 0.25) is 0 Å². The van der Waals surface area contributed by atoms with Crippen molar-refractivity contribution in [1.82, 2.24) is 20.0 Å². The van der Waals surface area contributed by atoms with Gasteiger partial charge in [0.1, 0.15) is 6.54 Å². The molecule has 1 aromatic heterocycles. The molecule has 26 heavy (non-hydrogen) atoms. The largest absolute Gasteiger partial charge is 0.462 e. The molecule has 0 atom stereocenters. The summed E-state index contributed by atoms with van der Waals surface area (Å²) in [4.78, 5) is 14.5. The summed E-state index contributed by atoms with van der Waals surface area (Å²) < 4.78 is 7.05. The Labute approximate surface area is 163 Å². The number of carbonyl (C=O) groups is 1. The predicted octanol–water partition coefficient (Wildman–Crippen LogP) is 2.45. The Morgan fingerprint density at radius 2 is 1.96 bits per heavy atom. The fourth-order valence-corrected chi connectivity index (χ4v) is 4.29. The summed E-state index contributed by atoms with van der Waals surface area (Å²) in [6.45, 7) is 13.6. The Morgan fingerprint density at radius 1 is 1.27 bits per heavy atom. The van der Waals surface area contributed by atoms with E-state index in [0.29, 0.717) is 5.41 Å². The molecule has 7 heteroatoms. The van der Waals surface area contributed by atoms with Crippen LogP contribution in [0.15, 0.2) is 0 Å². The van der Waals surface area contributed by atoms with Crippen LogP contribution in [0, 0.1) is 19.3 Å². The van der Waals surface area contributed by atoms with Crippen LogP contribution in [-0.4, -0.2) is 52.9 Å². The molecule has 0 amide bonds. The second-order valence-electron chi connectivity index (χ2n) is 8.06. The standard InChI is InChI=1S/C19H32N4O2.ClH/c1-14(2)25-18(24)12-23-16(4)17(15(3)21-23)11-22-10-7-19(13-22)5-8-20-9-6-19;/h14,20H,5-13H2,1-4H3;1H. The van der Waals surface area contributed by atoms with Crippen LogP contribution in [0.5, 0.6) is 0 Å². The molecular formula is C19H33ClN4O2. The van der Waals surface area contributed by atoms with Crippen LogP contribution < -0.4 is 5.32 Å². The predicted molar refractivity (Wildman–Crippen MR) is 105 cm³/mol. The lowest BCUT2D eigenvalue weighted by atomic mass is 9.78. The first kappa shape index (κ1) is 21.2. The maximum atomic E-state index is 11.9. The van der Waals surface area contributed by atoms with Gasteiger partial charge in [-0.25, -0.2) is 0 Å². The molecule has 2 aliphatic heterocycles. The van der Waals surface area contributed by atoms with Crippen LogP contribution in [0.25, 0.3) is 0 Å². The van der Waals surface area contributed by atoms with E-state index in [0.717, 1.165) is 31.0 Å². The lowest BCUT2D eigenvalue weighted by Crippen LogP contribution is -2.38. The maximum Gasteiger partial charge on any atom is 0.328 e. The van der Waals surface area contributed by atoms with Gasteiger partial charge in [-0.1, -0.05) is 0 Å². The van der Waals surface area contributed by atoms with Crippen LogP contribution in [0.4, 0.5) is 0 Å². The number of carbonyl (C=O) groups excluding carboxylic acids is 1. The summed E-state index contributed by atoms with van der Waals surface area (Å²) in [6.07, 6.45) is 3.81. The summed E-state index contributed by atoms with van der Waals surface area (Å²) >= 11 is 0. The van der Waals surface area contributed by atoms with Crippen LogP contribution in [0.1, 0.15) is 50.1 Å². The topological polar surface area (TPSA) is 59.4 Å². The normalized spacial score (nSPS) is 19.7. The molecule has 0 radical (unpaired) electrons. The van der Waals surface area contributed by atoms with E-state index < -0.39 is 0 Å². The van der Waals surface area contributed by atoms with E-state index in [9.17, 15) is 4.79 Å². The first-order chi connectivity index (χ1) is 11.9. The Morgan fingerprint density at radius 3 is 2.62 bits per heavy atom. The second-order valence-corrected chi connectivity index (χ2v) is 8.06. The van der Waals surface area contributed by atoms with Crippen LogP contribution >= 0.6 is 12.4 Å². The molecule has 2 saturated heterocycles. The van der Waals surface area contributed by atoms with Crippen molar-refractivity contribution in [1.29, 1.82) is 0 Å². The fraction of sp³-hybridized carbons (Fsp3) is 0.789. The summed E-state index contributed by atoms with van der Waals surface area (Å²) in [5.41, 5.74) is 3.90. The highest BCUT2D eigenvalue weighted by molar-refractivity contribution is 5.85. The number of ether oxygens (including phenoxy) is 1. The van der Waals surface area contributed by atoms with E-state index in [1.165, 1.54) is 37.9 Å². The minimum absolute atomic E-state index is 0. The van der Waals surface area contributed by atoms with Gasteiger partial charge in [-0.3, -0.25) is 14.4 Å². The van der Waals surface area contributed by atoms with E-state index in [2.05, 4.69) is 22.2 Å². The highest BCUT2D eigenvalue weighted by atomic mass is 35.5. The van der Waals surface area contributed by atoms with Crippen molar-refractivity contribution in [2.75, 3.05) is 26.2 Å². The number of piperidine rings is 1. The van der Waals surface area contributed by atoms with Gasteiger partial charge in [0.05, 0.1) is 11.8 Å². The van der Waals surface area contributed by atoms with E-state index in [1.807, 2.05) is 20.8 Å². The number of nitrogens with zero attached hydrogens (tertiary/aromatic N) is 3. The highest BCUT2D eigenvalue weighted by Crippen LogP contribution is 2.39. The smallest absolute Gasteiger partial charge is 0.328 e. The van der Waals surface area contributed by atoms with Crippen molar-refractivity contribution in [3.05, 3.63) is 17.0 Å². The lowest BCUT2D eigenvalue weighted by Gasteiger charge is -2.34. The third-order valence-corrected chi connectivity index (χ3v) is 5.74. The number of likely N-dealkylation sites (tertiary alicyclic amines) is 1. The van der Waals surface area contributed by atoms with E-state index in [4.69, 9.17) is 4.74 Å². The number of aromatic nitrogens is 2. The summed E-state index contributed by atoms with van der Waals surface area (Å²) in [7, 11) is 0. The Hall–Kier alpha value is -1.11. The number of halogens is 1. The summed E-state index contributed by atoms with van der Waals surface area (Å²) in [6, 6.07) is 0. The van der Waals surface area contributed by atoms with Gasteiger partial charge >= 0.3 is 5.97 Å². The molecule has 2 aliphatic rings. The maximum absolute atomic E-state index is 11.9. The van der Waals surface area contributed by atoms with E-state index in [-0.39, 0.29) is 31.0 Å². The van der Waals surface area contributed by atoms with Gasteiger partial charge in [0.15, 0.2) is 0 Å². The molecular weight excluding hydrogens is 352 g/mol. The lowest BCUT2D eigenvalue weighted by molar-refractivity contribution is -0.148. The van der Waals surface area contributed by atoms with Gasteiger partial charge in [-0.15, -0.1) is 12.4 Å². The van der Waals surface area contributed by atoms with Gasteiger partial charge in [0.25, 0.3) is 0 Å². The zero-order chi connectivity index (χ0) is 18.0. The van der Waals surface area contributed by atoms with E-state index >= 15 is 0 Å². The molecule has 3 heterocycles. The van der Waals surface area contributed by atoms with Crippen molar-refractivity contribution < 1.29 is 9.53 Å². The van der Waals surface area contributed by atoms with Gasteiger partial charge in [0, 0.05) is 24.3 Å². The Balaban J connectivity index is 0.00000243. The molecule has 1 aromatic rings. The molecule has 148 valence electrons. The average molecular weight is 385 g/mol. The number of hydrogen-bond donors (Lipinski definition) is 1. The fourth-order valence-electron chi connectivity index (χ4n) is 4.29. The number of aryl methyl sites for hydroxylation is 1. The van der Waals surface area contributed by atoms with Crippen molar-refractivity contribution in [3.8, 4) is 0 Å². The zero-order valence-corrected chi connectivity index (χ0v) is 17.3. The van der Waals surface area contributed by atoms with Crippen molar-refractivity contribution in [2.24, 2.45) is 5.41 Å². The molecule has 6 nitrogen and oxygen atoms in total. The Kier molecular flexibility index (Phi) is 7.11. The molecule has 3 rings (SSSR count). The molecule has 1 spiro atoms. The first-order valence-electron chi connectivity index (χ1n) is 9.54. The van der Waals surface area contributed by atoms with Gasteiger partial charge in [0.2, 0.25) is 0 Å². The van der Waals surface area contributed by atoms with Crippen LogP contribution in [-0.2, 0) is 22.6 Å². The zero-order valence-electron chi connectivity index (χ0n) is 16.5. The third kappa shape index (κ3) is 4.78.